The van der Waals surface area contributed by atoms with Crippen LogP contribution in [0.4, 0.5) is 5.82 Å². The van der Waals surface area contributed by atoms with E-state index in [9.17, 15) is 0 Å². The molecule has 2 aromatic carbocycles. The highest BCUT2D eigenvalue weighted by atomic mass is 35.5. The molecule has 0 atom stereocenters. The van der Waals surface area contributed by atoms with E-state index >= 15 is 0 Å². The van der Waals surface area contributed by atoms with Gasteiger partial charge in [0, 0.05) is 0 Å². The number of halogens is 1. The Morgan fingerprint density at radius 1 is 0.897 bits per heavy atom. The van der Waals surface area contributed by atoms with Gasteiger partial charge >= 0.3 is 5.65 Å². The summed E-state index contributed by atoms with van der Waals surface area (Å²) in [6.45, 7) is 3.03. The van der Waals surface area contributed by atoms with E-state index in [0.717, 1.165) is 48.6 Å². The number of hydroxylamine groups is 1. The molecule has 29 heavy (non-hydrogen) atoms. The molecule has 0 unspecified atom stereocenters. The Hall–Kier alpha value is -2.96. The lowest BCUT2D eigenvalue weighted by Crippen LogP contribution is -3.00. The monoisotopic (exact) mass is 407 g/mol. The van der Waals surface area contributed by atoms with Crippen LogP contribution < -0.4 is 22.0 Å². The molecule has 6 nitrogen and oxygen atoms in total. The van der Waals surface area contributed by atoms with Gasteiger partial charge in [0.05, 0.1) is 26.2 Å². The van der Waals surface area contributed by atoms with Crippen LogP contribution in [0.15, 0.2) is 73.3 Å². The molecular weight excluding hydrogens is 386 g/mol. The van der Waals surface area contributed by atoms with Crippen LogP contribution in [0.2, 0.25) is 0 Å². The molecule has 0 amide bonds. The first kappa shape index (κ1) is 19.4. The zero-order valence-corrected chi connectivity index (χ0v) is 16.7. The number of aryl methyl sites for hydroxylation is 1. The van der Waals surface area contributed by atoms with Crippen LogP contribution in [-0.2, 0) is 24.5 Å². The molecule has 2 aromatic heterocycles. The fourth-order valence-corrected chi connectivity index (χ4v) is 3.70. The van der Waals surface area contributed by atoms with Gasteiger partial charge in [0.15, 0.2) is 12.7 Å². The number of benzene rings is 2. The van der Waals surface area contributed by atoms with E-state index in [0.29, 0.717) is 6.61 Å². The van der Waals surface area contributed by atoms with Gasteiger partial charge in [0.25, 0.3) is 0 Å². The largest absolute Gasteiger partial charge is 1.00 e. The first-order chi connectivity index (χ1) is 13.9. The van der Waals surface area contributed by atoms with Crippen molar-refractivity contribution in [2.24, 2.45) is 0 Å². The van der Waals surface area contributed by atoms with Gasteiger partial charge in [-0.15, -0.1) is 0 Å². The predicted molar refractivity (Wildman–Crippen MR) is 106 cm³/mol. The Balaban J connectivity index is 0.00000205. The third-order valence-electron chi connectivity index (χ3n) is 5.04. The summed E-state index contributed by atoms with van der Waals surface area (Å²) in [5.41, 5.74) is 4.36. The molecule has 4 aromatic rings. The van der Waals surface area contributed by atoms with Crippen LogP contribution in [0.3, 0.4) is 0 Å². The minimum Gasteiger partial charge on any atom is -1.00 e. The van der Waals surface area contributed by atoms with Gasteiger partial charge < -0.3 is 12.4 Å². The summed E-state index contributed by atoms with van der Waals surface area (Å²) in [6, 6.07) is 20.7. The molecular formula is C22H22ClN5O. The Kier molecular flexibility index (Phi) is 5.74. The van der Waals surface area contributed by atoms with Gasteiger partial charge in [-0.05, 0) is 17.5 Å². The maximum absolute atomic E-state index is 6.14. The Morgan fingerprint density at radius 2 is 1.62 bits per heavy atom. The zero-order valence-electron chi connectivity index (χ0n) is 16.0. The number of anilines is 1. The number of imidazole rings is 1. The average Bonchev–Trinajstić information content (AvgIpc) is 2.99. The van der Waals surface area contributed by atoms with Crippen molar-refractivity contribution in [2.45, 2.75) is 26.1 Å². The van der Waals surface area contributed by atoms with E-state index in [2.05, 4.69) is 61.8 Å². The number of hydrogen-bond donors (Lipinski definition) is 0. The molecule has 0 radical (unpaired) electrons. The van der Waals surface area contributed by atoms with Crippen molar-refractivity contribution in [3.05, 3.63) is 84.4 Å². The van der Waals surface area contributed by atoms with Gasteiger partial charge in [0.1, 0.15) is 0 Å². The van der Waals surface area contributed by atoms with Gasteiger partial charge in [-0.1, -0.05) is 65.6 Å². The molecule has 0 aliphatic carbocycles. The molecule has 0 saturated heterocycles. The van der Waals surface area contributed by atoms with Crippen LogP contribution in [0.1, 0.15) is 17.5 Å². The maximum atomic E-state index is 6.14. The van der Waals surface area contributed by atoms with Crippen LogP contribution in [0, 0.1) is 0 Å². The molecule has 0 spiro atoms. The second-order valence-electron chi connectivity index (χ2n) is 7.01. The average molecular weight is 408 g/mol. The van der Waals surface area contributed by atoms with Crippen molar-refractivity contribution in [2.75, 3.05) is 11.6 Å². The van der Waals surface area contributed by atoms with Crippen LogP contribution in [0.25, 0.3) is 11.2 Å². The van der Waals surface area contributed by atoms with E-state index in [1.807, 2.05) is 29.3 Å². The molecule has 5 rings (SSSR count). The van der Waals surface area contributed by atoms with Crippen molar-refractivity contribution in [1.29, 1.82) is 0 Å². The Bertz CT molecular complexity index is 1080. The number of aromatic nitrogens is 4. The van der Waals surface area contributed by atoms with Crippen molar-refractivity contribution >= 4 is 17.0 Å². The van der Waals surface area contributed by atoms with E-state index in [-0.39, 0.29) is 12.4 Å². The highest BCUT2D eigenvalue weighted by molar-refractivity contribution is 5.81. The van der Waals surface area contributed by atoms with Crippen molar-refractivity contribution in [1.82, 2.24) is 14.5 Å². The zero-order chi connectivity index (χ0) is 18.8. The topological polar surface area (TPSA) is 47.1 Å². The first-order valence-corrected chi connectivity index (χ1v) is 9.60. The summed E-state index contributed by atoms with van der Waals surface area (Å²) < 4.78 is 4.44. The molecule has 148 valence electrons. The predicted octanol–water partition coefficient (Wildman–Crippen LogP) is 0.113. The second-order valence-corrected chi connectivity index (χ2v) is 7.01. The SMILES string of the molecule is [Cl-].c1ccc(CON2CCCn3c[n+](Cc4ccccc4)c4ncnc2c43)cc1. The summed E-state index contributed by atoms with van der Waals surface area (Å²) >= 11 is 0. The summed E-state index contributed by atoms with van der Waals surface area (Å²) in [5.74, 6) is 0.838. The summed E-state index contributed by atoms with van der Waals surface area (Å²) in [5, 5.41) is 1.92. The van der Waals surface area contributed by atoms with Gasteiger partial charge in [0.2, 0.25) is 11.3 Å². The lowest BCUT2D eigenvalue weighted by Gasteiger charge is -2.20. The summed E-state index contributed by atoms with van der Waals surface area (Å²) in [7, 11) is 0. The summed E-state index contributed by atoms with van der Waals surface area (Å²) in [4.78, 5) is 15.3. The van der Waals surface area contributed by atoms with Crippen LogP contribution in [-0.4, -0.2) is 21.1 Å². The van der Waals surface area contributed by atoms with Gasteiger partial charge in [-0.3, -0.25) is 9.40 Å². The number of hydrogen-bond acceptors (Lipinski definition) is 4. The standard InChI is InChI=1S/C22H22N5O.ClH/c1-3-8-18(9-4-1)14-26-17-25-12-7-13-27(22-20(25)21(26)23-16-24-22)28-15-19-10-5-2-6-11-19;/h1-6,8-11,16-17H,7,12-15H2;1H/q+1;/p-1. The molecule has 0 fully saturated rings. The van der Waals surface area contributed by atoms with E-state index < -0.39 is 0 Å². The fourth-order valence-electron chi connectivity index (χ4n) is 3.70. The first-order valence-electron chi connectivity index (χ1n) is 9.60. The molecule has 0 N–H and O–H groups in total. The molecule has 1 aliphatic heterocycles. The van der Waals surface area contributed by atoms with E-state index in [1.165, 1.54) is 5.56 Å². The lowest BCUT2D eigenvalue weighted by molar-refractivity contribution is -0.665. The fraction of sp³-hybridized carbons (Fsp3) is 0.227. The number of nitrogens with zero attached hydrogens (tertiary/aromatic N) is 5. The minimum absolute atomic E-state index is 0. The molecule has 7 heteroatoms. The van der Waals surface area contributed by atoms with Crippen molar-refractivity contribution in [3.63, 3.8) is 0 Å². The smallest absolute Gasteiger partial charge is 0.307 e. The molecule has 0 saturated carbocycles. The summed E-state index contributed by atoms with van der Waals surface area (Å²) in [6.07, 6.45) is 4.77. The van der Waals surface area contributed by atoms with Crippen molar-refractivity contribution in [3.8, 4) is 0 Å². The Morgan fingerprint density at radius 3 is 2.38 bits per heavy atom. The lowest BCUT2D eigenvalue weighted by atomic mass is 10.2. The normalized spacial score (nSPS) is 13.2. The van der Waals surface area contributed by atoms with Crippen LogP contribution in [0.5, 0.6) is 0 Å². The van der Waals surface area contributed by atoms with Gasteiger partial charge in [-0.2, -0.15) is 4.98 Å². The molecule has 3 heterocycles. The third-order valence-corrected chi connectivity index (χ3v) is 5.04. The quantitative estimate of drug-likeness (QED) is 0.441. The Labute approximate surface area is 175 Å². The number of rotatable bonds is 5. The highest BCUT2D eigenvalue weighted by Gasteiger charge is 2.27. The highest BCUT2D eigenvalue weighted by Crippen LogP contribution is 2.26. The minimum atomic E-state index is 0. The maximum Gasteiger partial charge on any atom is 0.307 e. The third kappa shape index (κ3) is 3.95. The van der Waals surface area contributed by atoms with Crippen molar-refractivity contribution < 1.29 is 21.8 Å². The molecule has 0 bridgehead atoms. The molecule has 1 aliphatic rings. The van der Waals surface area contributed by atoms with Crippen LogP contribution >= 0.6 is 0 Å². The second kappa shape index (κ2) is 8.59. The van der Waals surface area contributed by atoms with Gasteiger partial charge in [-0.25, -0.2) is 9.63 Å². The van der Waals surface area contributed by atoms with E-state index in [4.69, 9.17) is 4.84 Å². The van der Waals surface area contributed by atoms with E-state index in [1.54, 1.807) is 6.33 Å².